The fourth-order valence-electron chi connectivity index (χ4n) is 1.19. The van der Waals surface area contributed by atoms with E-state index in [1.165, 1.54) is 6.08 Å². The number of carboxylic acid groups (broad SMARTS) is 1. The first kappa shape index (κ1) is 11.2. The van der Waals surface area contributed by atoms with Gasteiger partial charge in [-0.3, -0.25) is 4.79 Å². The highest BCUT2D eigenvalue weighted by Crippen LogP contribution is 2.09. The Hall–Kier alpha value is -1.90. The summed E-state index contributed by atoms with van der Waals surface area (Å²) < 4.78 is 0. The second-order valence-corrected chi connectivity index (χ2v) is 3.07. The predicted octanol–water partition coefficient (Wildman–Crippen LogP) is 2.38. The average molecular weight is 204 g/mol. The second kappa shape index (κ2) is 5.10. The molecule has 78 valence electrons. The third kappa shape index (κ3) is 3.38. The Balaban J connectivity index is 2.92. The smallest absolute Gasteiger partial charge is 0.328 e. The van der Waals surface area contributed by atoms with Crippen molar-refractivity contribution in [2.75, 3.05) is 0 Å². The van der Waals surface area contributed by atoms with Gasteiger partial charge in [0.25, 0.3) is 0 Å². The summed E-state index contributed by atoms with van der Waals surface area (Å²) in [4.78, 5) is 21.7. The summed E-state index contributed by atoms with van der Waals surface area (Å²) in [5.74, 6) is -0.942. The van der Waals surface area contributed by atoms with Crippen molar-refractivity contribution in [1.29, 1.82) is 0 Å². The Morgan fingerprint density at radius 2 is 2.13 bits per heavy atom. The zero-order chi connectivity index (χ0) is 11.3. The Morgan fingerprint density at radius 3 is 2.73 bits per heavy atom. The van der Waals surface area contributed by atoms with Gasteiger partial charge >= 0.3 is 5.97 Å². The minimum atomic E-state index is -0.998. The van der Waals surface area contributed by atoms with Crippen LogP contribution >= 0.6 is 0 Å². The van der Waals surface area contributed by atoms with Crippen LogP contribution in [-0.2, 0) is 4.79 Å². The van der Waals surface area contributed by atoms with Gasteiger partial charge in [0.15, 0.2) is 5.78 Å². The number of benzene rings is 1. The molecule has 0 aromatic heterocycles. The SMILES string of the molecule is CCC(=O)c1cccc(C=CC(=O)O)c1. The largest absolute Gasteiger partial charge is 0.478 e. The third-order valence-corrected chi connectivity index (χ3v) is 1.95. The van der Waals surface area contributed by atoms with Crippen LogP contribution in [0.3, 0.4) is 0 Å². The number of carboxylic acids is 1. The van der Waals surface area contributed by atoms with Crippen LogP contribution in [0.5, 0.6) is 0 Å². The fraction of sp³-hybridized carbons (Fsp3) is 0.167. The maximum absolute atomic E-state index is 11.4. The van der Waals surface area contributed by atoms with Crippen LogP contribution in [0.2, 0.25) is 0 Å². The van der Waals surface area contributed by atoms with E-state index in [0.29, 0.717) is 12.0 Å². The van der Waals surface area contributed by atoms with E-state index in [4.69, 9.17) is 5.11 Å². The van der Waals surface area contributed by atoms with Crippen LogP contribution in [-0.4, -0.2) is 16.9 Å². The van der Waals surface area contributed by atoms with Gasteiger partial charge in [-0.05, 0) is 17.7 Å². The van der Waals surface area contributed by atoms with Gasteiger partial charge in [0, 0.05) is 18.1 Å². The van der Waals surface area contributed by atoms with Crippen LogP contribution in [0.15, 0.2) is 30.3 Å². The molecule has 0 aliphatic heterocycles. The highest BCUT2D eigenvalue weighted by molar-refractivity contribution is 5.96. The number of carbonyl (C=O) groups is 2. The molecule has 0 heterocycles. The molecule has 0 unspecified atom stereocenters. The molecule has 3 heteroatoms. The van der Waals surface area contributed by atoms with Crippen LogP contribution in [0.4, 0.5) is 0 Å². The number of hydrogen-bond donors (Lipinski definition) is 1. The Morgan fingerprint density at radius 1 is 1.40 bits per heavy atom. The molecule has 0 saturated heterocycles. The number of rotatable bonds is 4. The van der Waals surface area contributed by atoms with E-state index in [-0.39, 0.29) is 5.78 Å². The molecule has 0 atom stereocenters. The molecule has 1 aromatic carbocycles. The maximum atomic E-state index is 11.4. The number of hydrogen-bond acceptors (Lipinski definition) is 2. The molecule has 15 heavy (non-hydrogen) atoms. The number of aliphatic carboxylic acids is 1. The quantitative estimate of drug-likeness (QED) is 0.605. The predicted molar refractivity (Wildman–Crippen MR) is 57.7 cm³/mol. The standard InChI is InChI=1S/C12H12O3/c1-2-11(13)10-5-3-4-9(8-10)6-7-12(14)15/h3-8H,2H2,1H3,(H,14,15). The first-order chi connectivity index (χ1) is 7.13. The zero-order valence-electron chi connectivity index (χ0n) is 8.43. The van der Waals surface area contributed by atoms with Gasteiger partial charge in [-0.15, -0.1) is 0 Å². The average Bonchev–Trinajstić information content (AvgIpc) is 2.25. The monoisotopic (exact) mass is 204 g/mol. The summed E-state index contributed by atoms with van der Waals surface area (Å²) in [5, 5.41) is 8.45. The Kier molecular flexibility index (Phi) is 3.80. The lowest BCUT2D eigenvalue weighted by molar-refractivity contribution is -0.131. The van der Waals surface area contributed by atoms with Gasteiger partial charge in [-0.25, -0.2) is 4.79 Å². The normalized spacial score (nSPS) is 10.5. The summed E-state index contributed by atoms with van der Waals surface area (Å²) in [7, 11) is 0. The van der Waals surface area contributed by atoms with E-state index in [0.717, 1.165) is 11.6 Å². The molecule has 0 aliphatic rings. The molecule has 1 aromatic rings. The lowest BCUT2D eigenvalue weighted by Gasteiger charge is -1.98. The summed E-state index contributed by atoms with van der Waals surface area (Å²) in [6.07, 6.45) is 2.97. The molecule has 0 bridgehead atoms. The number of Topliss-reactive ketones (excluding diaryl/α,β-unsaturated/α-hetero) is 1. The van der Waals surface area contributed by atoms with Crippen LogP contribution in [0.1, 0.15) is 29.3 Å². The fourth-order valence-corrected chi connectivity index (χ4v) is 1.19. The van der Waals surface area contributed by atoms with Crippen molar-refractivity contribution in [2.24, 2.45) is 0 Å². The molecule has 0 spiro atoms. The Labute approximate surface area is 88.0 Å². The van der Waals surface area contributed by atoms with Gasteiger partial charge in [-0.1, -0.05) is 25.1 Å². The minimum absolute atomic E-state index is 0.0561. The van der Waals surface area contributed by atoms with Crippen molar-refractivity contribution in [3.63, 3.8) is 0 Å². The van der Waals surface area contributed by atoms with E-state index in [2.05, 4.69) is 0 Å². The van der Waals surface area contributed by atoms with Gasteiger partial charge < -0.3 is 5.11 Å². The van der Waals surface area contributed by atoms with E-state index in [1.54, 1.807) is 31.2 Å². The lowest BCUT2D eigenvalue weighted by Crippen LogP contribution is -1.96. The van der Waals surface area contributed by atoms with Gasteiger partial charge in [0.1, 0.15) is 0 Å². The van der Waals surface area contributed by atoms with Crippen molar-refractivity contribution < 1.29 is 14.7 Å². The second-order valence-electron chi connectivity index (χ2n) is 3.07. The molecule has 0 aliphatic carbocycles. The molecule has 0 saturated carbocycles. The first-order valence-electron chi connectivity index (χ1n) is 4.67. The van der Waals surface area contributed by atoms with Crippen LogP contribution < -0.4 is 0 Å². The van der Waals surface area contributed by atoms with Crippen molar-refractivity contribution in [3.05, 3.63) is 41.5 Å². The molecular formula is C12H12O3. The summed E-state index contributed by atoms with van der Waals surface area (Å²) in [5.41, 5.74) is 1.33. The summed E-state index contributed by atoms with van der Waals surface area (Å²) >= 11 is 0. The van der Waals surface area contributed by atoms with E-state index in [1.807, 2.05) is 0 Å². The molecule has 1 N–H and O–H groups in total. The summed E-state index contributed by atoms with van der Waals surface area (Å²) in [6.45, 7) is 1.79. The van der Waals surface area contributed by atoms with Crippen molar-refractivity contribution >= 4 is 17.8 Å². The molecule has 1 rings (SSSR count). The van der Waals surface area contributed by atoms with E-state index >= 15 is 0 Å². The molecule has 0 fully saturated rings. The zero-order valence-corrected chi connectivity index (χ0v) is 8.43. The first-order valence-corrected chi connectivity index (χ1v) is 4.67. The molecular weight excluding hydrogens is 192 g/mol. The third-order valence-electron chi connectivity index (χ3n) is 1.95. The van der Waals surface area contributed by atoms with Crippen molar-refractivity contribution in [2.45, 2.75) is 13.3 Å². The van der Waals surface area contributed by atoms with Gasteiger partial charge in [-0.2, -0.15) is 0 Å². The highest BCUT2D eigenvalue weighted by atomic mass is 16.4. The van der Waals surface area contributed by atoms with Crippen LogP contribution in [0.25, 0.3) is 6.08 Å². The molecule has 0 radical (unpaired) electrons. The number of carbonyl (C=O) groups excluding carboxylic acids is 1. The van der Waals surface area contributed by atoms with Crippen LogP contribution in [0, 0.1) is 0 Å². The topological polar surface area (TPSA) is 54.4 Å². The van der Waals surface area contributed by atoms with Gasteiger partial charge in [0.2, 0.25) is 0 Å². The van der Waals surface area contributed by atoms with E-state index in [9.17, 15) is 9.59 Å². The number of ketones is 1. The van der Waals surface area contributed by atoms with Crippen molar-refractivity contribution in [1.82, 2.24) is 0 Å². The maximum Gasteiger partial charge on any atom is 0.328 e. The lowest BCUT2D eigenvalue weighted by atomic mass is 10.1. The minimum Gasteiger partial charge on any atom is -0.478 e. The van der Waals surface area contributed by atoms with Gasteiger partial charge in [0.05, 0.1) is 0 Å². The van der Waals surface area contributed by atoms with E-state index < -0.39 is 5.97 Å². The molecule has 0 amide bonds. The highest BCUT2D eigenvalue weighted by Gasteiger charge is 2.02. The van der Waals surface area contributed by atoms with Crippen molar-refractivity contribution in [3.8, 4) is 0 Å². The summed E-state index contributed by atoms with van der Waals surface area (Å²) in [6, 6.07) is 6.91. The Bertz CT molecular complexity index is 405. The molecule has 3 nitrogen and oxygen atoms in total.